The molecule has 100 valence electrons. The first-order valence-corrected chi connectivity index (χ1v) is 5.40. The monoisotopic (exact) mass is 256 g/mol. The molecular formula is C10H16N4O4. The van der Waals surface area contributed by atoms with Crippen molar-refractivity contribution < 1.29 is 14.4 Å². The van der Waals surface area contributed by atoms with Crippen LogP contribution in [-0.2, 0) is 4.74 Å². The highest BCUT2D eigenvalue weighted by atomic mass is 16.6. The van der Waals surface area contributed by atoms with E-state index in [1.807, 2.05) is 0 Å². The molecule has 0 saturated carbocycles. The molecule has 0 unspecified atom stereocenters. The third kappa shape index (κ3) is 3.52. The standard InChI is InChI=1S/C10H16N4O4/c1-7-12-9(11-5-4-6-17-2)8(14(15)16)10(13-7)18-3/h4-6H2,1-3H3,(H,11,12,13). The largest absolute Gasteiger partial charge is 0.476 e. The van der Waals surface area contributed by atoms with E-state index in [4.69, 9.17) is 9.47 Å². The predicted octanol–water partition coefficient (Wildman–Crippen LogP) is 1.15. The lowest BCUT2D eigenvalue weighted by molar-refractivity contribution is -0.385. The molecule has 1 rings (SSSR count). The number of nitrogens with zero attached hydrogens (tertiary/aromatic N) is 3. The number of rotatable bonds is 7. The Morgan fingerprint density at radius 2 is 2.11 bits per heavy atom. The third-order valence-electron chi connectivity index (χ3n) is 2.16. The van der Waals surface area contributed by atoms with E-state index in [-0.39, 0.29) is 17.4 Å². The fourth-order valence-corrected chi connectivity index (χ4v) is 1.39. The highest BCUT2D eigenvalue weighted by Gasteiger charge is 2.24. The van der Waals surface area contributed by atoms with Gasteiger partial charge in [0.05, 0.1) is 12.0 Å². The molecule has 0 radical (unpaired) electrons. The maximum atomic E-state index is 11.0. The van der Waals surface area contributed by atoms with Gasteiger partial charge in [0.2, 0.25) is 5.82 Å². The Morgan fingerprint density at radius 1 is 1.39 bits per heavy atom. The van der Waals surface area contributed by atoms with Crippen LogP contribution < -0.4 is 10.1 Å². The van der Waals surface area contributed by atoms with E-state index in [1.54, 1.807) is 14.0 Å². The second-order valence-corrected chi connectivity index (χ2v) is 3.51. The highest BCUT2D eigenvalue weighted by Crippen LogP contribution is 2.31. The minimum Gasteiger partial charge on any atom is -0.476 e. The molecule has 8 nitrogen and oxygen atoms in total. The van der Waals surface area contributed by atoms with Crippen molar-refractivity contribution in [3.05, 3.63) is 15.9 Å². The lowest BCUT2D eigenvalue weighted by Crippen LogP contribution is -2.11. The Kier molecular flexibility index (Phi) is 5.25. The topological polar surface area (TPSA) is 99.4 Å². The molecule has 1 N–H and O–H groups in total. The van der Waals surface area contributed by atoms with Gasteiger partial charge in [0.1, 0.15) is 5.82 Å². The van der Waals surface area contributed by atoms with Crippen molar-refractivity contribution in [2.45, 2.75) is 13.3 Å². The van der Waals surface area contributed by atoms with Crippen LogP contribution in [0.5, 0.6) is 5.88 Å². The average molecular weight is 256 g/mol. The number of aryl methyl sites for hydroxylation is 1. The summed E-state index contributed by atoms with van der Waals surface area (Å²) in [7, 11) is 2.93. The lowest BCUT2D eigenvalue weighted by Gasteiger charge is -2.08. The number of hydrogen-bond acceptors (Lipinski definition) is 7. The van der Waals surface area contributed by atoms with Gasteiger partial charge in [0.25, 0.3) is 5.88 Å². The van der Waals surface area contributed by atoms with Crippen LogP contribution in [0.15, 0.2) is 0 Å². The van der Waals surface area contributed by atoms with E-state index in [0.717, 1.165) is 6.42 Å². The van der Waals surface area contributed by atoms with E-state index in [0.29, 0.717) is 19.0 Å². The summed E-state index contributed by atoms with van der Waals surface area (Å²) in [5.74, 6) is 0.536. The first-order valence-electron chi connectivity index (χ1n) is 5.40. The molecule has 0 aliphatic rings. The molecule has 1 aromatic rings. The summed E-state index contributed by atoms with van der Waals surface area (Å²) in [6.45, 7) is 2.74. The Morgan fingerprint density at radius 3 is 2.67 bits per heavy atom. The lowest BCUT2D eigenvalue weighted by atomic mass is 10.4. The van der Waals surface area contributed by atoms with Crippen LogP contribution in [-0.4, -0.2) is 42.3 Å². The zero-order chi connectivity index (χ0) is 13.5. The maximum absolute atomic E-state index is 11.0. The Labute approximate surface area is 104 Å². The minimum atomic E-state index is -0.559. The van der Waals surface area contributed by atoms with E-state index in [1.165, 1.54) is 7.11 Å². The van der Waals surface area contributed by atoms with E-state index < -0.39 is 4.92 Å². The summed E-state index contributed by atoms with van der Waals surface area (Å²) in [5, 5.41) is 13.9. The van der Waals surface area contributed by atoms with Gasteiger partial charge in [-0.05, 0) is 13.3 Å². The van der Waals surface area contributed by atoms with E-state index in [2.05, 4.69) is 15.3 Å². The van der Waals surface area contributed by atoms with Crippen molar-refractivity contribution in [1.29, 1.82) is 0 Å². The Hall–Kier alpha value is -1.96. The fraction of sp³-hybridized carbons (Fsp3) is 0.600. The second kappa shape index (κ2) is 6.70. The number of aromatic nitrogens is 2. The molecule has 0 aliphatic carbocycles. The molecule has 0 atom stereocenters. The van der Waals surface area contributed by atoms with Gasteiger partial charge < -0.3 is 14.8 Å². The summed E-state index contributed by atoms with van der Waals surface area (Å²) < 4.78 is 9.79. The maximum Gasteiger partial charge on any atom is 0.372 e. The summed E-state index contributed by atoms with van der Waals surface area (Å²) in [6.07, 6.45) is 0.721. The molecule has 0 fully saturated rings. The van der Waals surface area contributed by atoms with Gasteiger partial charge >= 0.3 is 5.69 Å². The summed E-state index contributed by atoms with van der Waals surface area (Å²) in [4.78, 5) is 18.3. The first kappa shape index (κ1) is 14.1. The first-order chi connectivity index (χ1) is 8.60. The summed E-state index contributed by atoms with van der Waals surface area (Å²) in [6, 6.07) is 0. The number of nitro groups is 1. The van der Waals surface area contributed by atoms with Gasteiger partial charge in [-0.2, -0.15) is 4.98 Å². The quantitative estimate of drug-likeness (QED) is 0.443. The van der Waals surface area contributed by atoms with Crippen molar-refractivity contribution in [3.63, 3.8) is 0 Å². The second-order valence-electron chi connectivity index (χ2n) is 3.51. The number of anilines is 1. The average Bonchev–Trinajstić information content (AvgIpc) is 2.33. The SMILES string of the molecule is COCCCNc1nc(C)nc(OC)c1[N+](=O)[O-]. The van der Waals surface area contributed by atoms with Crippen molar-refractivity contribution in [2.24, 2.45) is 0 Å². The smallest absolute Gasteiger partial charge is 0.372 e. The minimum absolute atomic E-state index is 0.0401. The number of nitrogens with one attached hydrogen (secondary N) is 1. The molecule has 1 aromatic heterocycles. The van der Waals surface area contributed by atoms with Gasteiger partial charge in [-0.25, -0.2) is 4.98 Å². The fourth-order valence-electron chi connectivity index (χ4n) is 1.39. The van der Waals surface area contributed by atoms with E-state index >= 15 is 0 Å². The summed E-state index contributed by atoms with van der Waals surface area (Å²) >= 11 is 0. The van der Waals surface area contributed by atoms with Crippen molar-refractivity contribution in [2.75, 3.05) is 32.7 Å². The van der Waals surface area contributed by atoms with Crippen LogP contribution >= 0.6 is 0 Å². The molecule has 0 aliphatic heterocycles. The Bertz CT molecular complexity index is 425. The summed E-state index contributed by atoms with van der Waals surface area (Å²) in [5.41, 5.74) is -0.250. The van der Waals surface area contributed by atoms with E-state index in [9.17, 15) is 10.1 Å². The zero-order valence-corrected chi connectivity index (χ0v) is 10.6. The Balaban J connectivity index is 2.93. The number of hydrogen-bond donors (Lipinski definition) is 1. The van der Waals surface area contributed by atoms with Crippen LogP contribution in [0.4, 0.5) is 11.5 Å². The van der Waals surface area contributed by atoms with Gasteiger partial charge in [-0.1, -0.05) is 0 Å². The number of methoxy groups -OCH3 is 2. The molecule has 0 amide bonds. The molecule has 0 spiro atoms. The van der Waals surface area contributed by atoms with Crippen LogP contribution in [0.3, 0.4) is 0 Å². The number of ether oxygens (including phenoxy) is 2. The van der Waals surface area contributed by atoms with Crippen LogP contribution in [0, 0.1) is 17.0 Å². The third-order valence-corrected chi connectivity index (χ3v) is 2.16. The molecule has 0 bridgehead atoms. The predicted molar refractivity (Wildman–Crippen MR) is 65.0 cm³/mol. The van der Waals surface area contributed by atoms with Crippen molar-refractivity contribution >= 4 is 11.5 Å². The zero-order valence-electron chi connectivity index (χ0n) is 10.6. The normalized spacial score (nSPS) is 10.2. The molecule has 0 aromatic carbocycles. The molecule has 18 heavy (non-hydrogen) atoms. The van der Waals surface area contributed by atoms with Gasteiger partial charge in [-0.3, -0.25) is 10.1 Å². The van der Waals surface area contributed by atoms with Gasteiger partial charge in [0, 0.05) is 20.3 Å². The highest BCUT2D eigenvalue weighted by molar-refractivity contribution is 5.61. The van der Waals surface area contributed by atoms with Crippen molar-refractivity contribution in [3.8, 4) is 5.88 Å². The molecular weight excluding hydrogens is 240 g/mol. The van der Waals surface area contributed by atoms with Crippen LogP contribution in [0.1, 0.15) is 12.2 Å². The molecule has 1 heterocycles. The van der Waals surface area contributed by atoms with Gasteiger partial charge in [0.15, 0.2) is 0 Å². The van der Waals surface area contributed by atoms with Gasteiger partial charge in [-0.15, -0.1) is 0 Å². The van der Waals surface area contributed by atoms with Crippen LogP contribution in [0.25, 0.3) is 0 Å². The molecule has 8 heteroatoms. The van der Waals surface area contributed by atoms with Crippen LogP contribution in [0.2, 0.25) is 0 Å². The molecule has 0 saturated heterocycles. The van der Waals surface area contributed by atoms with Crippen molar-refractivity contribution in [1.82, 2.24) is 9.97 Å².